The predicted molar refractivity (Wildman–Crippen MR) is 64.5 cm³/mol. The summed E-state index contributed by atoms with van der Waals surface area (Å²) in [6, 6.07) is 0.673. The monoisotopic (exact) mass is 201 g/mol. The van der Waals surface area contributed by atoms with Gasteiger partial charge >= 0.3 is 0 Å². The van der Waals surface area contributed by atoms with Crippen LogP contribution in [0.1, 0.15) is 33.1 Å². The zero-order valence-electron chi connectivity index (χ0n) is 9.18. The molecule has 13 heavy (non-hydrogen) atoms. The molecule has 0 saturated carbocycles. The molecule has 0 fully saturated rings. The van der Waals surface area contributed by atoms with Crippen molar-refractivity contribution in [1.82, 2.24) is 5.32 Å². The van der Waals surface area contributed by atoms with Crippen LogP contribution in [0.15, 0.2) is 12.7 Å². The van der Waals surface area contributed by atoms with E-state index in [4.69, 9.17) is 0 Å². The molecule has 0 aromatic heterocycles. The number of hydrogen-bond acceptors (Lipinski definition) is 2. The Kier molecular flexibility index (Phi) is 8.67. The SMILES string of the molecule is C=CCCCC(CSC(C)C)NC. The van der Waals surface area contributed by atoms with Crippen molar-refractivity contribution in [3.8, 4) is 0 Å². The molecule has 1 N–H and O–H groups in total. The first-order valence-corrected chi connectivity index (χ1v) is 6.15. The molecule has 1 atom stereocenters. The van der Waals surface area contributed by atoms with Crippen molar-refractivity contribution in [2.45, 2.75) is 44.4 Å². The summed E-state index contributed by atoms with van der Waals surface area (Å²) in [5.74, 6) is 1.23. The Morgan fingerprint density at radius 3 is 2.62 bits per heavy atom. The van der Waals surface area contributed by atoms with Crippen molar-refractivity contribution in [3.05, 3.63) is 12.7 Å². The first-order chi connectivity index (χ1) is 6.20. The van der Waals surface area contributed by atoms with Gasteiger partial charge in [0, 0.05) is 11.8 Å². The molecule has 0 aliphatic heterocycles. The number of rotatable bonds is 8. The van der Waals surface area contributed by atoms with Gasteiger partial charge in [-0.1, -0.05) is 19.9 Å². The summed E-state index contributed by atoms with van der Waals surface area (Å²) < 4.78 is 0. The van der Waals surface area contributed by atoms with Crippen LogP contribution >= 0.6 is 11.8 Å². The van der Waals surface area contributed by atoms with E-state index in [0.29, 0.717) is 6.04 Å². The molecule has 0 aliphatic rings. The van der Waals surface area contributed by atoms with Gasteiger partial charge in [0.2, 0.25) is 0 Å². The van der Waals surface area contributed by atoms with Gasteiger partial charge in [0.25, 0.3) is 0 Å². The van der Waals surface area contributed by atoms with Crippen molar-refractivity contribution >= 4 is 11.8 Å². The fraction of sp³-hybridized carbons (Fsp3) is 0.818. The van der Waals surface area contributed by atoms with E-state index in [1.165, 1.54) is 18.6 Å². The normalized spacial score (nSPS) is 13.2. The summed E-state index contributed by atoms with van der Waals surface area (Å²) in [7, 11) is 2.06. The molecule has 78 valence electrons. The van der Waals surface area contributed by atoms with Crippen molar-refractivity contribution in [2.24, 2.45) is 0 Å². The zero-order chi connectivity index (χ0) is 10.1. The summed E-state index contributed by atoms with van der Waals surface area (Å²) in [4.78, 5) is 0. The molecular formula is C11H23NS. The fourth-order valence-corrected chi connectivity index (χ4v) is 2.08. The molecule has 2 heteroatoms. The molecular weight excluding hydrogens is 178 g/mol. The Balaban J connectivity index is 3.44. The third-order valence-electron chi connectivity index (χ3n) is 2.00. The number of hydrogen-bond donors (Lipinski definition) is 1. The summed E-state index contributed by atoms with van der Waals surface area (Å²) in [6.45, 7) is 8.23. The van der Waals surface area contributed by atoms with E-state index in [-0.39, 0.29) is 0 Å². The van der Waals surface area contributed by atoms with Crippen LogP contribution in [0.3, 0.4) is 0 Å². The van der Waals surface area contributed by atoms with Gasteiger partial charge in [-0.3, -0.25) is 0 Å². The van der Waals surface area contributed by atoms with Gasteiger partial charge < -0.3 is 5.32 Å². The van der Waals surface area contributed by atoms with Crippen molar-refractivity contribution in [2.75, 3.05) is 12.8 Å². The molecule has 0 aromatic rings. The first-order valence-electron chi connectivity index (χ1n) is 5.10. The van der Waals surface area contributed by atoms with E-state index in [0.717, 1.165) is 11.7 Å². The lowest BCUT2D eigenvalue weighted by Gasteiger charge is -2.16. The van der Waals surface area contributed by atoms with Crippen LogP contribution in [0.25, 0.3) is 0 Å². The second kappa shape index (κ2) is 8.64. The van der Waals surface area contributed by atoms with Crippen molar-refractivity contribution in [3.63, 3.8) is 0 Å². The quantitative estimate of drug-likeness (QED) is 0.478. The Bertz CT molecular complexity index is 123. The van der Waals surface area contributed by atoms with Gasteiger partial charge in [0.15, 0.2) is 0 Å². The Labute approximate surface area is 87.4 Å². The molecule has 0 rings (SSSR count). The molecule has 0 aromatic carbocycles. The van der Waals surface area contributed by atoms with Gasteiger partial charge in [0.05, 0.1) is 0 Å². The second-order valence-electron chi connectivity index (χ2n) is 3.59. The third-order valence-corrected chi connectivity index (χ3v) is 3.26. The Hall–Kier alpha value is 0.0500. The van der Waals surface area contributed by atoms with E-state index in [1.54, 1.807) is 0 Å². The average molecular weight is 201 g/mol. The van der Waals surface area contributed by atoms with Crippen LogP contribution in [-0.4, -0.2) is 24.1 Å². The van der Waals surface area contributed by atoms with Crippen LogP contribution in [0.2, 0.25) is 0 Å². The number of nitrogens with one attached hydrogen (secondary N) is 1. The first kappa shape index (κ1) is 13.1. The van der Waals surface area contributed by atoms with E-state index in [1.807, 2.05) is 17.8 Å². The number of allylic oxidation sites excluding steroid dienone is 1. The summed E-state index contributed by atoms with van der Waals surface area (Å²) in [5, 5.41) is 4.11. The van der Waals surface area contributed by atoms with Gasteiger partial charge in [-0.2, -0.15) is 11.8 Å². The van der Waals surface area contributed by atoms with E-state index >= 15 is 0 Å². The minimum atomic E-state index is 0.673. The minimum absolute atomic E-state index is 0.673. The van der Waals surface area contributed by atoms with E-state index in [2.05, 4.69) is 32.8 Å². The van der Waals surface area contributed by atoms with Crippen LogP contribution in [0.4, 0.5) is 0 Å². The van der Waals surface area contributed by atoms with Gasteiger partial charge in [-0.25, -0.2) is 0 Å². The highest BCUT2D eigenvalue weighted by Gasteiger charge is 2.06. The topological polar surface area (TPSA) is 12.0 Å². The highest BCUT2D eigenvalue weighted by atomic mass is 32.2. The standard InChI is InChI=1S/C11H23NS/c1-5-6-7-8-11(12-4)9-13-10(2)3/h5,10-12H,1,6-9H2,2-4H3. The smallest absolute Gasteiger partial charge is 0.0155 e. The summed E-state index contributed by atoms with van der Waals surface area (Å²) in [5.41, 5.74) is 0. The van der Waals surface area contributed by atoms with E-state index in [9.17, 15) is 0 Å². The van der Waals surface area contributed by atoms with Crippen LogP contribution < -0.4 is 5.32 Å². The maximum atomic E-state index is 3.73. The molecule has 1 nitrogen and oxygen atoms in total. The van der Waals surface area contributed by atoms with Gasteiger partial charge in [-0.15, -0.1) is 6.58 Å². The Morgan fingerprint density at radius 1 is 1.46 bits per heavy atom. The molecule has 0 bridgehead atoms. The molecule has 0 radical (unpaired) electrons. The second-order valence-corrected chi connectivity index (χ2v) is 5.20. The van der Waals surface area contributed by atoms with Crippen LogP contribution in [0.5, 0.6) is 0 Å². The van der Waals surface area contributed by atoms with Crippen LogP contribution in [0, 0.1) is 0 Å². The maximum Gasteiger partial charge on any atom is 0.0155 e. The molecule has 0 heterocycles. The lowest BCUT2D eigenvalue weighted by Crippen LogP contribution is -2.28. The molecule has 1 unspecified atom stereocenters. The largest absolute Gasteiger partial charge is 0.316 e. The third kappa shape index (κ3) is 8.38. The van der Waals surface area contributed by atoms with Crippen molar-refractivity contribution < 1.29 is 0 Å². The number of unbranched alkanes of at least 4 members (excludes halogenated alkanes) is 1. The maximum absolute atomic E-state index is 3.73. The lowest BCUT2D eigenvalue weighted by molar-refractivity contribution is 0.552. The molecule has 0 aliphatic carbocycles. The highest BCUT2D eigenvalue weighted by Crippen LogP contribution is 2.13. The van der Waals surface area contributed by atoms with Crippen LogP contribution in [-0.2, 0) is 0 Å². The highest BCUT2D eigenvalue weighted by molar-refractivity contribution is 7.99. The van der Waals surface area contributed by atoms with Gasteiger partial charge in [-0.05, 0) is 31.6 Å². The molecule has 0 spiro atoms. The zero-order valence-corrected chi connectivity index (χ0v) is 9.99. The fourth-order valence-electron chi connectivity index (χ4n) is 1.13. The predicted octanol–water partition coefficient (Wildman–Crippen LogP) is 3.07. The van der Waals surface area contributed by atoms with Gasteiger partial charge in [0.1, 0.15) is 0 Å². The minimum Gasteiger partial charge on any atom is -0.316 e. The molecule has 0 saturated heterocycles. The summed E-state index contributed by atoms with van der Waals surface area (Å²) >= 11 is 2.03. The number of thioether (sulfide) groups is 1. The Morgan fingerprint density at radius 2 is 2.15 bits per heavy atom. The summed E-state index contributed by atoms with van der Waals surface area (Å²) in [6.07, 6.45) is 5.67. The average Bonchev–Trinajstić information content (AvgIpc) is 2.10. The van der Waals surface area contributed by atoms with E-state index < -0.39 is 0 Å². The lowest BCUT2D eigenvalue weighted by atomic mass is 10.1. The van der Waals surface area contributed by atoms with Crippen molar-refractivity contribution in [1.29, 1.82) is 0 Å². The molecule has 0 amide bonds.